The highest BCUT2D eigenvalue weighted by atomic mass is 35.5. The largest absolute Gasteiger partial charge is 0.439 e. The number of imidazole rings is 1. The summed E-state index contributed by atoms with van der Waals surface area (Å²) in [5.74, 6) is 2.05. The van der Waals surface area contributed by atoms with E-state index in [-0.39, 0.29) is 5.91 Å². The van der Waals surface area contributed by atoms with Gasteiger partial charge in [-0.2, -0.15) is 4.98 Å². The average Bonchev–Trinajstić information content (AvgIpc) is 3.35. The van der Waals surface area contributed by atoms with Gasteiger partial charge < -0.3 is 10.1 Å². The molecule has 3 heterocycles. The first-order valence-electron chi connectivity index (χ1n) is 8.25. The number of anilines is 1. The number of thiophene rings is 1. The fourth-order valence-corrected chi connectivity index (χ4v) is 3.40. The molecule has 9 heteroatoms. The SMILES string of the molecule is Cc1nc(Oc2ccc(NC(=O)c3ccc(Cl)s3)cc2)cc(-n2ccnc2)n1. The fourth-order valence-electron chi connectivity index (χ4n) is 2.46. The van der Waals surface area contributed by atoms with Crippen molar-refractivity contribution in [1.82, 2.24) is 19.5 Å². The number of halogens is 1. The topological polar surface area (TPSA) is 81.9 Å². The van der Waals surface area contributed by atoms with Crippen LogP contribution in [-0.2, 0) is 0 Å². The Kier molecular flexibility index (Phi) is 5.05. The summed E-state index contributed by atoms with van der Waals surface area (Å²) in [5.41, 5.74) is 0.653. The zero-order chi connectivity index (χ0) is 19.5. The Hall–Kier alpha value is -3.23. The molecule has 0 radical (unpaired) electrons. The maximum atomic E-state index is 12.2. The van der Waals surface area contributed by atoms with Crippen molar-refractivity contribution in [3.8, 4) is 17.4 Å². The van der Waals surface area contributed by atoms with Crippen molar-refractivity contribution in [3.05, 3.63) is 76.2 Å². The number of hydrogen-bond donors (Lipinski definition) is 1. The van der Waals surface area contributed by atoms with Crippen LogP contribution in [0.3, 0.4) is 0 Å². The van der Waals surface area contributed by atoms with Gasteiger partial charge in [-0.25, -0.2) is 9.97 Å². The Morgan fingerprint density at radius 1 is 1.18 bits per heavy atom. The van der Waals surface area contributed by atoms with E-state index in [0.717, 1.165) is 0 Å². The number of aromatic nitrogens is 4. The molecule has 1 N–H and O–H groups in total. The van der Waals surface area contributed by atoms with Gasteiger partial charge in [0.25, 0.3) is 5.91 Å². The molecule has 140 valence electrons. The van der Waals surface area contributed by atoms with E-state index in [1.165, 1.54) is 11.3 Å². The zero-order valence-electron chi connectivity index (χ0n) is 14.7. The smallest absolute Gasteiger partial charge is 0.265 e. The van der Waals surface area contributed by atoms with Crippen LogP contribution in [0.4, 0.5) is 5.69 Å². The van der Waals surface area contributed by atoms with E-state index in [1.54, 1.807) is 72.7 Å². The summed E-state index contributed by atoms with van der Waals surface area (Å²) < 4.78 is 8.18. The molecule has 0 aliphatic rings. The van der Waals surface area contributed by atoms with Crippen molar-refractivity contribution in [1.29, 1.82) is 0 Å². The molecule has 0 saturated heterocycles. The lowest BCUT2D eigenvalue weighted by Gasteiger charge is -2.09. The van der Waals surface area contributed by atoms with Crippen LogP contribution in [0.5, 0.6) is 11.6 Å². The van der Waals surface area contributed by atoms with Gasteiger partial charge in [-0.3, -0.25) is 9.36 Å². The molecule has 1 aromatic carbocycles. The standard InChI is InChI=1S/C19H14ClN5O2S/c1-12-22-17(25-9-8-21-11-25)10-18(23-12)27-14-4-2-13(3-5-14)24-19(26)15-6-7-16(20)28-15/h2-11H,1H3,(H,24,26). The Labute approximate surface area is 169 Å². The van der Waals surface area contributed by atoms with Crippen LogP contribution < -0.4 is 10.1 Å². The molecule has 0 aliphatic carbocycles. The van der Waals surface area contributed by atoms with Crippen molar-refractivity contribution in [2.24, 2.45) is 0 Å². The van der Waals surface area contributed by atoms with E-state index in [9.17, 15) is 4.79 Å². The molecule has 7 nitrogen and oxygen atoms in total. The zero-order valence-corrected chi connectivity index (χ0v) is 16.2. The van der Waals surface area contributed by atoms with Gasteiger partial charge in [-0.05, 0) is 43.3 Å². The molecule has 1 amide bonds. The number of ether oxygens (including phenoxy) is 1. The maximum absolute atomic E-state index is 12.2. The second kappa shape index (κ2) is 7.79. The highest BCUT2D eigenvalue weighted by Gasteiger charge is 2.10. The fraction of sp³-hybridized carbons (Fsp3) is 0.0526. The van der Waals surface area contributed by atoms with Crippen molar-refractivity contribution < 1.29 is 9.53 Å². The van der Waals surface area contributed by atoms with Crippen LogP contribution in [0.15, 0.2) is 61.2 Å². The molecule has 3 aromatic heterocycles. The molecule has 0 aliphatic heterocycles. The summed E-state index contributed by atoms with van der Waals surface area (Å²) in [5, 5.41) is 2.82. The predicted molar refractivity (Wildman–Crippen MR) is 108 cm³/mol. The Morgan fingerprint density at radius 2 is 2.00 bits per heavy atom. The van der Waals surface area contributed by atoms with Gasteiger partial charge in [0, 0.05) is 24.1 Å². The molecule has 0 unspecified atom stereocenters. The van der Waals surface area contributed by atoms with Crippen molar-refractivity contribution in [2.75, 3.05) is 5.32 Å². The van der Waals surface area contributed by atoms with Gasteiger partial charge in [0.15, 0.2) is 0 Å². The third-order valence-electron chi connectivity index (χ3n) is 3.70. The first-order chi connectivity index (χ1) is 13.6. The predicted octanol–water partition coefficient (Wildman–Crippen LogP) is 4.73. The number of hydrogen-bond acceptors (Lipinski definition) is 6. The van der Waals surface area contributed by atoms with Gasteiger partial charge in [0.2, 0.25) is 5.88 Å². The van der Waals surface area contributed by atoms with E-state index in [1.807, 2.05) is 0 Å². The maximum Gasteiger partial charge on any atom is 0.265 e. The van der Waals surface area contributed by atoms with E-state index in [4.69, 9.17) is 16.3 Å². The highest BCUT2D eigenvalue weighted by molar-refractivity contribution is 7.18. The van der Waals surface area contributed by atoms with Crippen LogP contribution in [0.2, 0.25) is 4.34 Å². The van der Waals surface area contributed by atoms with Crippen LogP contribution in [0.1, 0.15) is 15.5 Å². The lowest BCUT2D eigenvalue weighted by Crippen LogP contribution is -2.09. The molecule has 0 spiro atoms. The lowest BCUT2D eigenvalue weighted by molar-refractivity contribution is 0.103. The van der Waals surface area contributed by atoms with Gasteiger partial charge in [-0.1, -0.05) is 11.6 Å². The van der Waals surface area contributed by atoms with Crippen LogP contribution in [0.25, 0.3) is 5.82 Å². The van der Waals surface area contributed by atoms with Crippen LogP contribution in [-0.4, -0.2) is 25.4 Å². The van der Waals surface area contributed by atoms with Crippen LogP contribution >= 0.6 is 22.9 Å². The molecular weight excluding hydrogens is 398 g/mol. The van der Waals surface area contributed by atoms with Gasteiger partial charge >= 0.3 is 0 Å². The average molecular weight is 412 g/mol. The Morgan fingerprint density at radius 3 is 2.68 bits per heavy atom. The number of carbonyl (C=O) groups is 1. The van der Waals surface area contributed by atoms with Crippen LogP contribution in [0, 0.1) is 6.92 Å². The second-order valence-electron chi connectivity index (χ2n) is 5.77. The number of aryl methyl sites for hydroxylation is 1. The molecule has 0 atom stereocenters. The Bertz CT molecular complexity index is 1110. The summed E-state index contributed by atoms with van der Waals surface area (Å²) in [6, 6.07) is 12.1. The first kappa shape index (κ1) is 18.1. The summed E-state index contributed by atoms with van der Waals surface area (Å²) >= 11 is 7.10. The van der Waals surface area contributed by atoms with E-state index >= 15 is 0 Å². The normalized spacial score (nSPS) is 10.6. The van der Waals surface area contributed by atoms with E-state index < -0.39 is 0 Å². The summed E-state index contributed by atoms with van der Waals surface area (Å²) in [6.07, 6.45) is 5.13. The third kappa shape index (κ3) is 4.19. The number of rotatable bonds is 5. The first-order valence-corrected chi connectivity index (χ1v) is 9.45. The number of amides is 1. The molecule has 28 heavy (non-hydrogen) atoms. The van der Waals surface area contributed by atoms with E-state index in [0.29, 0.717) is 38.2 Å². The van der Waals surface area contributed by atoms with E-state index in [2.05, 4.69) is 20.3 Å². The second-order valence-corrected chi connectivity index (χ2v) is 7.48. The van der Waals surface area contributed by atoms with Crippen molar-refractivity contribution >= 4 is 34.5 Å². The summed E-state index contributed by atoms with van der Waals surface area (Å²) in [4.78, 5) is 25.4. The molecular formula is C19H14ClN5O2S. The summed E-state index contributed by atoms with van der Waals surface area (Å²) in [7, 11) is 0. The molecule has 4 rings (SSSR count). The van der Waals surface area contributed by atoms with Crippen molar-refractivity contribution in [3.63, 3.8) is 0 Å². The van der Waals surface area contributed by atoms with Crippen molar-refractivity contribution in [2.45, 2.75) is 6.92 Å². The molecule has 4 aromatic rings. The molecule has 0 fully saturated rings. The minimum Gasteiger partial charge on any atom is -0.439 e. The minimum absolute atomic E-state index is 0.207. The van der Waals surface area contributed by atoms with Gasteiger partial charge in [0.05, 0.1) is 9.21 Å². The highest BCUT2D eigenvalue weighted by Crippen LogP contribution is 2.25. The molecule has 0 saturated carbocycles. The lowest BCUT2D eigenvalue weighted by atomic mass is 10.3. The monoisotopic (exact) mass is 411 g/mol. The third-order valence-corrected chi connectivity index (χ3v) is 4.93. The Balaban J connectivity index is 1.47. The quantitative estimate of drug-likeness (QED) is 0.513. The van der Waals surface area contributed by atoms with Gasteiger partial charge in [0.1, 0.15) is 23.7 Å². The minimum atomic E-state index is -0.207. The van der Waals surface area contributed by atoms with Gasteiger partial charge in [-0.15, -0.1) is 11.3 Å². The summed E-state index contributed by atoms with van der Waals surface area (Å²) in [6.45, 7) is 1.79. The number of nitrogens with zero attached hydrogens (tertiary/aromatic N) is 4. The number of benzene rings is 1. The number of nitrogens with one attached hydrogen (secondary N) is 1. The molecule has 0 bridgehead atoms. The number of carbonyl (C=O) groups excluding carboxylic acids is 1.